The van der Waals surface area contributed by atoms with Crippen molar-refractivity contribution in [3.8, 4) is 45.3 Å². The van der Waals surface area contributed by atoms with Gasteiger partial charge in [-0.1, -0.05) is 109 Å². The van der Waals surface area contributed by atoms with Crippen molar-refractivity contribution in [2.75, 3.05) is 0 Å². The molecule has 0 N–H and O–H groups in total. The van der Waals surface area contributed by atoms with Gasteiger partial charge in [0.15, 0.2) is 17.5 Å². The Labute approximate surface area is 275 Å². The molecule has 0 saturated carbocycles. The Morgan fingerprint density at radius 2 is 1.27 bits per heavy atom. The van der Waals surface area contributed by atoms with Gasteiger partial charge in [0.25, 0.3) is 0 Å². The van der Waals surface area contributed by atoms with E-state index in [4.69, 9.17) is 23.8 Å². The number of hydrogen-bond acceptors (Lipinski definition) is 5. The molecule has 10 rings (SSSR count). The number of benzene rings is 6. The molecule has 0 spiro atoms. The summed E-state index contributed by atoms with van der Waals surface area (Å²) in [5.74, 6) is 2.74. The first kappa shape index (κ1) is 26.8. The third-order valence-electron chi connectivity index (χ3n) is 9.36. The Kier molecular flexibility index (Phi) is 5.93. The zero-order valence-electron chi connectivity index (χ0n) is 25.9. The van der Waals surface area contributed by atoms with Gasteiger partial charge < -0.3 is 8.83 Å². The predicted molar refractivity (Wildman–Crippen MR) is 193 cm³/mol. The van der Waals surface area contributed by atoms with Crippen LogP contribution in [0.2, 0.25) is 0 Å². The highest BCUT2D eigenvalue weighted by atomic mass is 16.3. The lowest BCUT2D eigenvalue weighted by Crippen LogP contribution is -2.01. The first-order chi connectivity index (χ1) is 23.8. The van der Waals surface area contributed by atoms with Crippen LogP contribution >= 0.6 is 0 Å². The lowest BCUT2D eigenvalue weighted by atomic mass is 9.98. The van der Waals surface area contributed by atoms with E-state index in [9.17, 15) is 0 Å². The molecule has 0 bridgehead atoms. The van der Waals surface area contributed by atoms with Crippen LogP contribution in [0.1, 0.15) is 17.7 Å². The average Bonchev–Trinajstić information content (AvgIpc) is 3.73. The second-order valence-electron chi connectivity index (χ2n) is 12.3. The molecule has 226 valence electrons. The number of allylic oxidation sites excluding steroid dienone is 1. The maximum Gasteiger partial charge on any atom is 0.167 e. The fraction of sp³-hybridized carbons (Fsp3) is 0.0465. The fourth-order valence-electron chi connectivity index (χ4n) is 7.05. The van der Waals surface area contributed by atoms with E-state index < -0.39 is 0 Å². The summed E-state index contributed by atoms with van der Waals surface area (Å²) >= 11 is 0. The van der Waals surface area contributed by atoms with E-state index in [1.54, 1.807) is 0 Å². The topological polar surface area (TPSA) is 65.0 Å². The second kappa shape index (κ2) is 10.6. The minimum absolute atomic E-state index is 0.565. The molecule has 0 amide bonds. The molecule has 1 aliphatic carbocycles. The minimum atomic E-state index is 0.565. The Balaban J connectivity index is 1.28. The van der Waals surface area contributed by atoms with Gasteiger partial charge >= 0.3 is 0 Å². The molecule has 0 unspecified atom stereocenters. The molecule has 1 aliphatic rings. The number of aryl methyl sites for hydroxylation is 1. The van der Waals surface area contributed by atoms with E-state index in [1.165, 1.54) is 0 Å². The number of rotatable bonds is 4. The van der Waals surface area contributed by atoms with Crippen molar-refractivity contribution in [1.29, 1.82) is 0 Å². The molecule has 9 aromatic rings. The molecule has 3 heterocycles. The summed E-state index contributed by atoms with van der Waals surface area (Å²) in [7, 11) is 0. The predicted octanol–water partition coefficient (Wildman–Crippen LogP) is 11.3. The van der Waals surface area contributed by atoms with Crippen molar-refractivity contribution in [3.63, 3.8) is 0 Å². The van der Waals surface area contributed by atoms with Gasteiger partial charge in [-0.15, -0.1) is 0 Å². The molecule has 5 nitrogen and oxygen atoms in total. The third kappa shape index (κ3) is 4.28. The highest BCUT2D eigenvalue weighted by molar-refractivity contribution is 6.13. The number of nitrogens with zero attached hydrogens (tertiary/aromatic N) is 3. The summed E-state index contributed by atoms with van der Waals surface area (Å²) in [6.07, 6.45) is 6.23. The molecule has 6 aromatic carbocycles. The standard InChI is InChI=1S/C43H27N3O2/c1-2-11-26(12-3-1)30-24-35(39-33-16-7-9-20-37(33)47-38(39)25-30)43-45-41(29-22-21-27-13-4-5-14-28(27)23-29)44-42(46-43)34-18-10-17-32-31-15-6-8-19-36(31)48-40(32)34/h1-7,9-18,20-25H,8,19H2. The largest absolute Gasteiger partial charge is 0.460 e. The SMILES string of the molecule is C1=Cc2c(oc3c(-c4nc(-c5ccc6ccccc6c5)nc(-c5cc(-c6ccccc6)cc6oc7ccccc7c56)n4)cccc23)CC1. The molecule has 3 aromatic heterocycles. The summed E-state index contributed by atoms with van der Waals surface area (Å²) < 4.78 is 13.0. The lowest BCUT2D eigenvalue weighted by molar-refractivity contribution is 0.547. The normalized spacial score (nSPS) is 12.8. The van der Waals surface area contributed by atoms with Crippen molar-refractivity contribution in [1.82, 2.24) is 15.0 Å². The molecule has 0 aliphatic heterocycles. The van der Waals surface area contributed by atoms with Crippen LogP contribution in [-0.4, -0.2) is 15.0 Å². The number of hydrogen-bond donors (Lipinski definition) is 0. The van der Waals surface area contributed by atoms with Crippen molar-refractivity contribution < 1.29 is 8.83 Å². The van der Waals surface area contributed by atoms with Gasteiger partial charge in [-0.05, 0) is 58.7 Å². The van der Waals surface area contributed by atoms with Gasteiger partial charge in [-0.25, -0.2) is 15.0 Å². The fourth-order valence-corrected chi connectivity index (χ4v) is 7.05. The van der Waals surface area contributed by atoms with E-state index in [1.807, 2.05) is 30.3 Å². The first-order valence-electron chi connectivity index (χ1n) is 16.2. The Hall–Kier alpha value is -6.33. The number of para-hydroxylation sites is 2. The molecule has 0 radical (unpaired) electrons. The van der Waals surface area contributed by atoms with Crippen LogP contribution in [0.15, 0.2) is 142 Å². The second-order valence-corrected chi connectivity index (χ2v) is 12.3. The van der Waals surface area contributed by atoms with Crippen LogP contribution in [0.4, 0.5) is 0 Å². The van der Waals surface area contributed by atoms with Crippen LogP contribution in [0.25, 0.3) is 95.0 Å². The van der Waals surface area contributed by atoms with Crippen LogP contribution in [-0.2, 0) is 6.42 Å². The summed E-state index contributed by atoms with van der Waals surface area (Å²) in [5, 5.41) is 5.35. The van der Waals surface area contributed by atoms with Gasteiger partial charge in [0.1, 0.15) is 22.5 Å². The van der Waals surface area contributed by atoms with Gasteiger partial charge in [0, 0.05) is 39.3 Å². The molecule has 0 fully saturated rings. The molecule has 48 heavy (non-hydrogen) atoms. The number of fused-ring (bicyclic) bond motifs is 7. The van der Waals surface area contributed by atoms with Gasteiger partial charge in [0.2, 0.25) is 0 Å². The zero-order chi connectivity index (χ0) is 31.6. The maximum absolute atomic E-state index is 6.55. The van der Waals surface area contributed by atoms with Gasteiger partial charge in [-0.3, -0.25) is 0 Å². The first-order valence-corrected chi connectivity index (χ1v) is 16.2. The van der Waals surface area contributed by atoms with Gasteiger partial charge in [-0.2, -0.15) is 0 Å². The zero-order valence-corrected chi connectivity index (χ0v) is 25.9. The molecule has 0 atom stereocenters. The average molecular weight is 618 g/mol. The molecular formula is C43H27N3O2. The minimum Gasteiger partial charge on any atom is -0.460 e. The highest BCUT2D eigenvalue weighted by Crippen LogP contribution is 2.41. The van der Waals surface area contributed by atoms with Crippen molar-refractivity contribution in [3.05, 3.63) is 145 Å². The van der Waals surface area contributed by atoms with Crippen molar-refractivity contribution in [2.24, 2.45) is 0 Å². The van der Waals surface area contributed by atoms with E-state index in [-0.39, 0.29) is 0 Å². The Bertz CT molecular complexity index is 2740. The van der Waals surface area contributed by atoms with Crippen LogP contribution in [0.3, 0.4) is 0 Å². The van der Waals surface area contributed by atoms with Crippen LogP contribution < -0.4 is 0 Å². The third-order valence-corrected chi connectivity index (χ3v) is 9.36. The Morgan fingerprint density at radius 1 is 0.500 bits per heavy atom. The summed E-state index contributed by atoms with van der Waals surface area (Å²) in [6, 6.07) is 43.7. The van der Waals surface area contributed by atoms with Crippen molar-refractivity contribution in [2.45, 2.75) is 12.8 Å². The number of furan rings is 2. The summed E-state index contributed by atoms with van der Waals surface area (Å²) in [5.41, 5.74) is 8.31. The van der Waals surface area contributed by atoms with Crippen LogP contribution in [0.5, 0.6) is 0 Å². The molecule has 0 saturated heterocycles. The Morgan fingerprint density at radius 3 is 2.19 bits per heavy atom. The maximum atomic E-state index is 6.55. The number of aromatic nitrogens is 3. The van der Waals surface area contributed by atoms with E-state index in [0.717, 1.165) is 95.7 Å². The quantitative estimate of drug-likeness (QED) is 0.197. The van der Waals surface area contributed by atoms with E-state index in [0.29, 0.717) is 17.5 Å². The smallest absolute Gasteiger partial charge is 0.167 e. The van der Waals surface area contributed by atoms with E-state index >= 15 is 0 Å². The molecular weight excluding hydrogens is 590 g/mol. The highest BCUT2D eigenvalue weighted by Gasteiger charge is 2.23. The monoisotopic (exact) mass is 617 g/mol. The lowest BCUT2D eigenvalue weighted by Gasteiger charge is -2.11. The van der Waals surface area contributed by atoms with E-state index in [2.05, 4.69) is 109 Å². The molecule has 5 heteroatoms. The van der Waals surface area contributed by atoms with Crippen LogP contribution in [0, 0.1) is 0 Å². The van der Waals surface area contributed by atoms with Gasteiger partial charge in [0.05, 0.1) is 5.56 Å². The summed E-state index contributed by atoms with van der Waals surface area (Å²) in [6.45, 7) is 0. The summed E-state index contributed by atoms with van der Waals surface area (Å²) in [4.78, 5) is 15.6. The van der Waals surface area contributed by atoms with Crippen molar-refractivity contribution >= 4 is 49.8 Å².